The number of nitrogens with zero attached hydrogens (tertiary/aromatic N) is 6. The van der Waals surface area contributed by atoms with Gasteiger partial charge in [-0.25, -0.2) is 19.0 Å². The van der Waals surface area contributed by atoms with Gasteiger partial charge in [-0.3, -0.25) is 38.9 Å². The summed E-state index contributed by atoms with van der Waals surface area (Å²) in [4.78, 5) is 68.4. The monoisotopic (exact) mass is 448 g/mol. The zero-order chi connectivity index (χ0) is 23.7. The highest BCUT2D eigenvalue weighted by atomic mass is 16.2. The molecule has 32 heavy (non-hydrogen) atoms. The SMILES string of the molecule is Cc1nn(C2CCC(=O)NC2=O)c(=O)n1C.Cc1nn(C2CCC(=O)NC2=O)c(=O)n1C. The summed E-state index contributed by atoms with van der Waals surface area (Å²) in [5.74, 6) is -0.457. The number of aromatic nitrogens is 6. The van der Waals surface area contributed by atoms with Crippen molar-refractivity contribution in [3.63, 3.8) is 0 Å². The van der Waals surface area contributed by atoms with Gasteiger partial charge in [-0.2, -0.15) is 10.2 Å². The molecule has 0 radical (unpaired) electrons. The van der Waals surface area contributed by atoms with E-state index in [1.807, 2.05) is 0 Å². The number of carbonyl (C=O) groups is 4. The lowest BCUT2D eigenvalue weighted by atomic mass is 10.1. The van der Waals surface area contributed by atoms with Crippen molar-refractivity contribution in [3.8, 4) is 0 Å². The first-order chi connectivity index (χ1) is 15.0. The van der Waals surface area contributed by atoms with Crippen molar-refractivity contribution in [2.45, 2.75) is 51.6 Å². The van der Waals surface area contributed by atoms with Gasteiger partial charge < -0.3 is 0 Å². The summed E-state index contributed by atoms with van der Waals surface area (Å²) >= 11 is 0. The van der Waals surface area contributed by atoms with E-state index in [1.165, 1.54) is 9.13 Å². The fourth-order valence-electron chi connectivity index (χ4n) is 3.35. The Bertz CT molecular complexity index is 1120. The second kappa shape index (κ2) is 8.72. The Morgan fingerprint density at radius 1 is 0.688 bits per heavy atom. The molecule has 2 unspecified atom stereocenters. The Labute approximate surface area is 181 Å². The van der Waals surface area contributed by atoms with E-state index in [2.05, 4.69) is 20.8 Å². The number of hydrogen-bond acceptors (Lipinski definition) is 8. The molecule has 2 saturated heterocycles. The Hall–Kier alpha value is -3.84. The topological polar surface area (TPSA) is 172 Å². The van der Waals surface area contributed by atoms with Crippen LogP contribution in [0.25, 0.3) is 0 Å². The smallest absolute Gasteiger partial charge is 0.295 e. The van der Waals surface area contributed by atoms with E-state index in [0.717, 1.165) is 9.36 Å². The molecule has 0 spiro atoms. The van der Waals surface area contributed by atoms with E-state index in [0.29, 0.717) is 24.5 Å². The van der Waals surface area contributed by atoms with E-state index in [9.17, 15) is 28.8 Å². The predicted octanol–water partition coefficient (Wildman–Crippen LogP) is -2.26. The van der Waals surface area contributed by atoms with Gasteiger partial charge in [-0.05, 0) is 26.7 Å². The standard InChI is InChI=1S/2C9H12N4O3/c2*1-5-11-13(9(16)12(5)2)6-3-4-7(14)10-8(6)15/h2*6H,3-4H2,1-2H3,(H,10,14,15). The van der Waals surface area contributed by atoms with Crippen LogP contribution >= 0.6 is 0 Å². The van der Waals surface area contributed by atoms with Crippen LogP contribution in [0.4, 0.5) is 0 Å². The average molecular weight is 448 g/mol. The molecule has 2 N–H and O–H groups in total. The molecule has 4 heterocycles. The fourth-order valence-corrected chi connectivity index (χ4v) is 3.35. The number of rotatable bonds is 2. The quantitative estimate of drug-likeness (QED) is 0.484. The van der Waals surface area contributed by atoms with Crippen LogP contribution < -0.4 is 22.0 Å². The first-order valence-electron chi connectivity index (χ1n) is 9.93. The highest BCUT2D eigenvalue weighted by molar-refractivity contribution is 5.99. The maximum absolute atomic E-state index is 11.7. The number of piperidine rings is 2. The van der Waals surface area contributed by atoms with Crippen molar-refractivity contribution in [2.75, 3.05) is 0 Å². The van der Waals surface area contributed by atoms with Gasteiger partial charge in [-0.1, -0.05) is 0 Å². The van der Waals surface area contributed by atoms with Gasteiger partial charge in [-0.15, -0.1) is 0 Å². The fraction of sp³-hybridized carbons (Fsp3) is 0.556. The summed E-state index contributed by atoms with van der Waals surface area (Å²) in [6, 6.07) is -1.35. The van der Waals surface area contributed by atoms with Crippen molar-refractivity contribution < 1.29 is 19.2 Å². The number of amides is 4. The second-order valence-corrected chi connectivity index (χ2v) is 7.60. The molecular formula is C18H24N8O6. The van der Waals surface area contributed by atoms with E-state index in [4.69, 9.17) is 0 Å². The van der Waals surface area contributed by atoms with Crippen LogP contribution in [0.2, 0.25) is 0 Å². The first kappa shape index (κ1) is 22.8. The van der Waals surface area contributed by atoms with Crippen molar-refractivity contribution in [3.05, 3.63) is 32.6 Å². The molecule has 2 fully saturated rings. The molecule has 172 valence electrons. The predicted molar refractivity (Wildman–Crippen MR) is 107 cm³/mol. The van der Waals surface area contributed by atoms with Gasteiger partial charge in [0.05, 0.1) is 0 Å². The van der Waals surface area contributed by atoms with Crippen LogP contribution in [0.15, 0.2) is 9.59 Å². The number of imide groups is 2. The first-order valence-corrected chi connectivity index (χ1v) is 9.93. The van der Waals surface area contributed by atoms with Crippen LogP contribution in [0.5, 0.6) is 0 Å². The van der Waals surface area contributed by atoms with Gasteiger partial charge in [0.2, 0.25) is 11.8 Å². The largest absolute Gasteiger partial charge is 0.346 e. The lowest BCUT2D eigenvalue weighted by molar-refractivity contribution is -0.137. The molecule has 0 aliphatic carbocycles. The molecule has 2 atom stereocenters. The Kier molecular flexibility index (Phi) is 6.23. The van der Waals surface area contributed by atoms with E-state index < -0.39 is 23.9 Å². The summed E-state index contributed by atoms with van der Waals surface area (Å²) in [6.45, 7) is 3.37. The van der Waals surface area contributed by atoms with Gasteiger partial charge in [0.15, 0.2) is 0 Å². The Morgan fingerprint density at radius 2 is 1.03 bits per heavy atom. The lowest BCUT2D eigenvalue weighted by Gasteiger charge is -2.19. The van der Waals surface area contributed by atoms with Crippen molar-refractivity contribution in [1.82, 2.24) is 39.3 Å². The number of carbonyl (C=O) groups excluding carboxylic acids is 4. The molecule has 4 amide bonds. The lowest BCUT2D eigenvalue weighted by Crippen LogP contribution is -2.44. The highest BCUT2D eigenvalue weighted by Gasteiger charge is 2.31. The van der Waals surface area contributed by atoms with Gasteiger partial charge in [0.25, 0.3) is 11.8 Å². The van der Waals surface area contributed by atoms with E-state index in [1.54, 1.807) is 27.9 Å². The minimum atomic E-state index is -0.676. The van der Waals surface area contributed by atoms with E-state index in [-0.39, 0.29) is 36.0 Å². The molecule has 2 aromatic heterocycles. The molecule has 0 bridgehead atoms. The van der Waals surface area contributed by atoms with Gasteiger partial charge in [0.1, 0.15) is 23.7 Å². The summed E-state index contributed by atoms with van der Waals surface area (Å²) in [5.41, 5.74) is -0.681. The van der Waals surface area contributed by atoms with Crippen LogP contribution in [0.1, 0.15) is 49.4 Å². The molecule has 14 heteroatoms. The Morgan fingerprint density at radius 3 is 1.28 bits per heavy atom. The van der Waals surface area contributed by atoms with Crippen LogP contribution in [-0.2, 0) is 33.3 Å². The molecule has 4 rings (SSSR count). The summed E-state index contributed by atoms with van der Waals surface area (Å²) in [5, 5.41) is 12.4. The van der Waals surface area contributed by atoms with Gasteiger partial charge >= 0.3 is 11.4 Å². The highest BCUT2D eigenvalue weighted by Crippen LogP contribution is 2.16. The minimum absolute atomic E-state index is 0.235. The zero-order valence-corrected chi connectivity index (χ0v) is 18.1. The molecule has 0 saturated carbocycles. The molecule has 14 nitrogen and oxygen atoms in total. The molecule has 2 aliphatic rings. The summed E-state index contributed by atoms with van der Waals surface area (Å²) in [6.07, 6.45) is 1.11. The number of hydrogen-bond donors (Lipinski definition) is 2. The second-order valence-electron chi connectivity index (χ2n) is 7.60. The van der Waals surface area contributed by atoms with Crippen molar-refractivity contribution in [2.24, 2.45) is 14.1 Å². The third kappa shape index (κ3) is 4.29. The maximum atomic E-state index is 11.7. The maximum Gasteiger partial charge on any atom is 0.346 e. The minimum Gasteiger partial charge on any atom is -0.295 e. The number of nitrogens with one attached hydrogen (secondary N) is 2. The number of aryl methyl sites for hydroxylation is 2. The van der Waals surface area contributed by atoms with E-state index >= 15 is 0 Å². The van der Waals surface area contributed by atoms with Crippen molar-refractivity contribution in [1.29, 1.82) is 0 Å². The van der Waals surface area contributed by atoms with Crippen LogP contribution in [0.3, 0.4) is 0 Å². The molecule has 0 aromatic carbocycles. The third-order valence-electron chi connectivity index (χ3n) is 5.45. The summed E-state index contributed by atoms with van der Waals surface area (Å²) < 4.78 is 5.00. The molecule has 2 aromatic rings. The van der Waals surface area contributed by atoms with Crippen LogP contribution in [-0.4, -0.2) is 52.3 Å². The van der Waals surface area contributed by atoms with Crippen LogP contribution in [0, 0.1) is 13.8 Å². The van der Waals surface area contributed by atoms with Gasteiger partial charge in [0, 0.05) is 26.9 Å². The molecular weight excluding hydrogens is 424 g/mol. The van der Waals surface area contributed by atoms with Crippen molar-refractivity contribution >= 4 is 23.6 Å². The average Bonchev–Trinajstić information content (AvgIpc) is 3.13. The Balaban J connectivity index is 0.000000181. The summed E-state index contributed by atoms with van der Waals surface area (Å²) in [7, 11) is 3.18. The normalized spacial score (nSPS) is 21.0. The third-order valence-corrected chi connectivity index (χ3v) is 5.45. The zero-order valence-electron chi connectivity index (χ0n) is 18.1. The molecule has 2 aliphatic heterocycles.